The summed E-state index contributed by atoms with van der Waals surface area (Å²) in [5.41, 5.74) is 2.76. The molecule has 0 aliphatic carbocycles. The van der Waals surface area contributed by atoms with Crippen LogP contribution in [-0.2, 0) is 4.74 Å². The molecule has 2 atom stereocenters. The lowest BCUT2D eigenvalue weighted by molar-refractivity contribution is -0.0739. The van der Waals surface area contributed by atoms with Crippen molar-refractivity contribution in [3.63, 3.8) is 0 Å². The normalized spacial score (nSPS) is 13.3. The maximum Gasteiger partial charge on any atom is 0.197 e. The summed E-state index contributed by atoms with van der Waals surface area (Å²) in [6.07, 6.45) is 1.98. The van der Waals surface area contributed by atoms with Crippen LogP contribution in [0.3, 0.4) is 0 Å². The Balaban J connectivity index is 1.48. The largest absolute Gasteiger partial charge is 0.497 e. The van der Waals surface area contributed by atoms with Gasteiger partial charge in [-0.05, 0) is 78.9 Å². The highest BCUT2D eigenvalue weighted by Crippen LogP contribution is 2.37. The summed E-state index contributed by atoms with van der Waals surface area (Å²) in [5, 5.41) is 2.23. The summed E-state index contributed by atoms with van der Waals surface area (Å²) in [7, 11) is 1.67. The van der Waals surface area contributed by atoms with Gasteiger partial charge in [0.05, 0.1) is 13.7 Å². The Bertz CT molecular complexity index is 1090. The summed E-state index contributed by atoms with van der Waals surface area (Å²) in [6.45, 7) is 13.9. The number of hydrogen-bond donors (Lipinski definition) is 0. The van der Waals surface area contributed by atoms with E-state index >= 15 is 0 Å². The zero-order valence-corrected chi connectivity index (χ0v) is 21.6. The molecule has 0 fully saturated rings. The van der Waals surface area contributed by atoms with Crippen molar-refractivity contribution in [3.8, 4) is 17.2 Å². The lowest BCUT2D eigenvalue weighted by Gasteiger charge is -2.29. The second kappa shape index (κ2) is 11.4. The van der Waals surface area contributed by atoms with Gasteiger partial charge in [0.2, 0.25) is 0 Å². The number of allylic oxidation sites excluding steroid dienone is 2. The molecule has 0 aromatic heterocycles. The fourth-order valence-corrected chi connectivity index (χ4v) is 3.95. The molecule has 0 aliphatic heterocycles. The highest BCUT2D eigenvalue weighted by atomic mass is 16.7. The van der Waals surface area contributed by atoms with E-state index in [9.17, 15) is 0 Å². The summed E-state index contributed by atoms with van der Waals surface area (Å²) < 4.78 is 22.9. The van der Waals surface area contributed by atoms with E-state index < -0.39 is 0 Å². The first-order valence-electron chi connectivity index (χ1n) is 11.9. The van der Waals surface area contributed by atoms with E-state index in [0.717, 1.165) is 28.0 Å². The minimum Gasteiger partial charge on any atom is -0.497 e. The van der Waals surface area contributed by atoms with Crippen LogP contribution in [0, 0.1) is 5.41 Å². The topological polar surface area (TPSA) is 36.9 Å². The monoisotopic (exact) mass is 462 g/mol. The smallest absolute Gasteiger partial charge is 0.197 e. The predicted octanol–water partition coefficient (Wildman–Crippen LogP) is 7.76. The van der Waals surface area contributed by atoms with Crippen molar-refractivity contribution in [2.75, 3.05) is 20.3 Å². The van der Waals surface area contributed by atoms with Gasteiger partial charge in [-0.25, -0.2) is 0 Å². The minimum absolute atomic E-state index is 0.147. The molecular weight excluding hydrogens is 424 g/mol. The SMILES string of the molecule is COc1ccc2cc(OCCOC(C)Oc3ccc(C(C=C(C)C)C(C)(C)C)cc3)ccc2c1. The molecule has 182 valence electrons. The molecule has 0 heterocycles. The minimum atomic E-state index is -0.366. The van der Waals surface area contributed by atoms with Gasteiger partial charge < -0.3 is 18.9 Å². The lowest BCUT2D eigenvalue weighted by atomic mass is 9.76. The third kappa shape index (κ3) is 7.26. The molecule has 0 spiro atoms. The first kappa shape index (κ1) is 25.6. The third-order valence-corrected chi connectivity index (χ3v) is 5.70. The van der Waals surface area contributed by atoms with Crippen LogP contribution in [-0.4, -0.2) is 26.6 Å². The molecule has 0 radical (unpaired) electrons. The number of methoxy groups -OCH3 is 1. The Hall–Kier alpha value is -2.98. The number of hydrogen-bond acceptors (Lipinski definition) is 4. The first-order valence-corrected chi connectivity index (χ1v) is 11.9. The van der Waals surface area contributed by atoms with Gasteiger partial charge in [-0.15, -0.1) is 0 Å². The van der Waals surface area contributed by atoms with Gasteiger partial charge >= 0.3 is 0 Å². The van der Waals surface area contributed by atoms with E-state index in [1.165, 1.54) is 11.1 Å². The Morgan fingerprint density at radius 1 is 0.824 bits per heavy atom. The van der Waals surface area contributed by atoms with Gasteiger partial charge in [-0.1, -0.05) is 56.7 Å². The van der Waals surface area contributed by atoms with Gasteiger partial charge in [0.25, 0.3) is 0 Å². The summed E-state index contributed by atoms with van der Waals surface area (Å²) in [5.74, 6) is 2.82. The zero-order valence-electron chi connectivity index (χ0n) is 21.6. The van der Waals surface area contributed by atoms with Crippen LogP contribution in [0.4, 0.5) is 0 Å². The zero-order chi connectivity index (χ0) is 24.7. The van der Waals surface area contributed by atoms with Crippen molar-refractivity contribution in [2.24, 2.45) is 5.41 Å². The van der Waals surface area contributed by atoms with Crippen LogP contribution in [0.15, 0.2) is 72.3 Å². The van der Waals surface area contributed by atoms with Crippen molar-refractivity contribution in [1.29, 1.82) is 0 Å². The average Bonchev–Trinajstić information content (AvgIpc) is 2.79. The molecule has 0 saturated heterocycles. The van der Waals surface area contributed by atoms with Crippen LogP contribution in [0.25, 0.3) is 10.8 Å². The number of rotatable bonds is 10. The quantitative estimate of drug-likeness (QED) is 0.175. The number of fused-ring (bicyclic) bond motifs is 1. The summed E-state index contributed by atoms with van der Waals surface area (Å²) in [6, 6.07) is 20.4. The Morgan fingerprint density at radius 2 is 1.41 bits per heavy atom. The molecular formula is C30H38O4. The third-order valence-electron chi connectivity index (χ3n) is 5.70. The molecule has 3 aromatic carbocycles. The average molecular weight is 463 g/mol. The standard InChI is InChI=1S/C30H38O4/c1-21(2)18-29(30(4,5)6)23-8-12-26(13-9-23)34-22(3)32-16-17-33-28-15-11-24-19-27(31-7)14-10-25(24)20-28/h8-15,18-20,22,29H,16-17H2,1-7H3. The fraction of sp³-hybridized carbons (Fsp3) is 0.400. The molecule has 3 aromatic rings. The highest BCUT2D eigenvalue weighted by molar-refractivity contribution is 5.85. The van der Waals surface area contributed by atoms with Crippen LogP contribution >= 0.6 is 0 Å². The van der Waals surface area contributed by atoms with Gasteiger partial charge in [0.1, 0.15) is 23.9 Å². The van der Waals surface area contributed by atoms with Gasteiger partial charge in [-0.2, -0.15) is 0 Å². The van der Waals surface area contributed by atoms with E-state index in [1.807, 2.05) is 55.5 Å². The van der Waals surface area contributed by atoms with Gasteiger partial charge in [0.15, 0.2) is 6.29 Å². The second-order valence-corrected chi connectivity index (χ2v) is 9.94. The Labute approximate surface area is 204 Å². The van der Waals surface area contributed by atoms with Crippen molar-refractivity contribution in [2.45, 2.75) is 53.8 Å². The lowest BCUT2D eigenvalue weighted by Crippen LogP contribution is -2.20. The maximum atomic E-state index is 5.94. The molecule has 0 bridgehead atoms. The molecule has 34 heavy (non-hydrogen) atoms. The second-order valence-electron chi connectivity index (χ2n) is 9.94. The molecule has 0 saturated carbocycles. The van der Waals surface area contributed by atoms with E-state index in [0.29, 0.717) is 19.1 Å². The highest BCUT2D eigenvalue weighted by Gasteiger charge is 2.24. The number of ether oxygens (including phenoxy) is 4. The van der Waals surface area contributed by atoms with Crippen molar-refractivity contribution < 1.29 is 18.9 Å². The summed E-state index contributed by atoms with van der Waals surface area (Å²) >= 11 is 0. The molecule has 4 nitrogen and oxygen atoms in total. The first-order chi connectivity index (χ1) is 16.2. The number of benzene rings is 3. The molecule has 0 N–H and O–H groups in total. The van der Waals surface area contributed by atoms with Crippen molar-refractivity contribution >= 4 is 10.8 Å². The Kier molecular flexibility index (Phi) is 8.62. The molecule has 2 unspecified atom stereocenters. The maximum absolute atomic E-state index is 5.94. The van der Waals surface area contributed by atoms with Crippen LogP contribution in [0.5, 0.6) is 17.2 Å². The molecule has 4 heteroatoms. The van der Waals surface area contributed by atoms with E-state index in [4.69, 9.17) is 18.9 Å². The van der Waals surface area contributed by atoms with E-state index in [-0.39, 0.29) is 11.7 Å². The van der Waals surface area contributed by atoms with Crippen LogP contribution in [0.1, 0.15) is 53.0 Å². The van der Waals surface area contributed by atoms with E-state index in [1.54, 1.807) is 7.11 Å². The van der Waals surface area contributed by atoms with Gasteiger partial charge in [-0.3, -0.25) is 0 Å². The predicted molar refractivity (Wildman–Crippen MR) is 140 cm³/mol. The molecule has 0 amide bonds. The molecule has 3 rings (SSSR count). The van der Waals surface area contributed by atoms with Crippen molar-refractivity contribution in [3.05, 3.63) is 77.9 Å². The molecule has 0 aliphatic rings. The van der Waals surface area contributed by atoms with Crippen molar-refractivity contribution in [1.82, 2.24) is 0 Å². The summed E-state index contributed by atoms with van der Waals surface area (Å²) in [4.78, 5) is 0. The fourth-order valence-electron chi connectivity index (χ4n) is 3.95. The van der Waals surface area contributed by atoms with Crippen LogP contribution < -0.4 is 14.2 Å². The Morgan fingerprint density at radius 3 is 2.00 bits per heavy atom. The van der Waals surface area contributed by atoms with Gasteiger partial charge in [0, 0.05) is 5.92 Å². The van der Waals surface area contributed by atoms with Crippen LogP contribution in [0.2, 0.25) is 0 Å². The van der Waals surface area contributed by atoms with E-state index in [2.05, 4.69) is 52.8 Å².